The second-order valence-electron chi connectivity index (χ2n) is 5.53. The van der Waals surface area contributed by atoms with E-state index in [4.69, 9.17) is 9.47 Å². The molecule has 0 saturated carbocycles. The van der Waals surface area contributed by atoms with Gasteiger partial charge in [0.25, 0.3) is 5.91 Å². The minimum Gasteiger partial charge on any atom is -0.465 e. The van der Waals surface area contributed by atoms with Crippen LogP contribution in [0.1, 0.15) is 16.8 Å². The highest BCUT2D eigenvalue weighted by Crippen LogP contribution is 2.31. The number of thiophene rings is 1. The molecule has 2 amide bonds. The summed E-state index contributed by atoms with van der Waals surface area (Å²) in [5, 5.41) is 8.12. The summed E-state index contributed by atoms with van der Waals surface area (Å²) in [7, 11) is 1.30. The standard InChI is InChI=1S/C15H19N3O5S/c1-22-15(21)9-3-7-24-14(9)18-5-2-10(13(18)20)17-12(19)11-8-16-4-6-23-11/h3,7,10-11,16H,2,4-6,8H2,1H3,(H,17,19). The van der Waals surface area contributed by atoms with E-state index in [2.05, 4.69) is 10.6 Å². The molecule has 9 heteroatoms. The van der Waals surface area contributed by atoms with Crippen molar-refractivity contribution in [3.8, 4) is 0 Å². The van der Waals surface area contributed by atoms with Gasteiger partial charge in [-0.2, -0.15) is 0 Å². The lowest BCUT2D eigenvalue weighted by molar-refractivity contribution is -0.136. The number of hydrogen-bond donors (Lipinski definition) is 2. The van der Waals surface area contributed by atoms with Gasteiger partial charge in [-0.3, -0.25) is 9.59 Å². The molecule has 3 heterocycles. The summed E-state index contributed by atoms with van der Waals surface area (Å²) in [6, 6.07) is 1.03. The van der Waals surface area contributed by atoms with Crippen LogP contribution in [-0.2, 0) is 19.1 Å². The number of nitrogens with zero attached hydrogens (tertiary/aromatic N) is 1. The maximum Gasteiger partial charge on any atom is 0.340 e. The molecule has 1 aromatic heterocycles. The molecular weight excluding hydrogens is 334 g/mol. The second kappa shape index (κ2) is 7.29. The zero-order valence-electron chi connectivity index (χ0n) is 13.2. The molecule has 130 valence electrons. The van der Waals surface area contributed by atoms with Crippen molar-refractivity contribution in [2.75, 3.05) is 38.3 Å². The third-order valence-corrected chi connectivity index (χ3v) is 4.97. The third kappa shape index (κ3) is 3.28. The number of anilines is 1. The van der Waals surface area contributed by atoms with Crippen LogP contribution in [0, 0.1) is 0 Å². The first-order valence-corrected chi connectivity index (χ1v) is 8.59. The van der Waals surface area contributed by atoms with E-state index in [1.165, 1.54) is 23.3 Å². The fraction of sp³-hybridized carbons (Fsp3) is 0.533. The molecule has 2 aliphatic rings. The molecule has 1 aromatic rings. The number of methoxy groups -OCH3 is 1. The van der Waals surface area contributed by atoms with Gasteiger partial charge in [0.1, 0.15) is 17.1 Å². The first-order chi connectivity index (χ1) is 11.6. The van der Waals surface area contributed by atoms with E-state index in [1.807, 2.05) is 0 Å². The molecule has 2 N–H and O–H groups in total. The van der Waals surface area contributed by atoms with Crippen LogP contribution in [0.15, 0.2) is 11.4 Å². The summed E-state index contributed by atoms with van der Waals surface area (Å²) < 4.78 is 10.1. The minimum absolute atomic E-state index is 0.222. The van der Waals surface area contributed by atoms with Crippen LogP contribution in [0.4, 0.5) is 5.00 Å². The molecule has 0 spiro atoms. The Bertz CT molecular complexity index is 641. The Morgan fingerprint density at radius 2 is 2.33 bits per heavy atom. The molecule has 2 aliphatic heterocycles. The van der Waals surface area contributed by atoms with Gasteiger partial charge in [0.05, 0.1) is 19.3 Å². The SMILES string of the molecule is COC(=O)c1ccsc1N1CCC(NC(=O)C2CNCCO2)C1=O. The molecule has 0 radical (unpaired) electrons. The number of morpholine rings is 1. The van der Waals surface area contributed by atoms with Crippen molar-refractivity contribution in [1.82, 2.24) is 10.6 Å². The maximum absolute atomic E-state index is 12.6. The molecule has 2 fully saturated rings. The predicted octanol–water partition coefficient (Wildman–Crippen LogP) is -0.255. The van der Waals surface area contributed by atoms with E-state index in [0.717, 1.165) is 0 Å². The molecule has 0 aliphatic carbocycles. The number of nitrogens with one attached hydrogen (secondary N) is 2. The highest BCUT2D eigenvalue weighted by Gasteiger charge is 2.37. The number of rotatable bonds is 4. The molecule has 2 atom stereocenters. The second-order valence-corrected chi connectivity index (χ2v) is 6.43. The summed E-state index contributed by atoms with van der Waals surface area (Å²) in [6.07, 6.45) is -0.0866. The number of hydrogen-bond acceptors (Lipinski definition) is 7. The largest absolute Gasteiger partial charge is 0.465 e. The first kappa shape index (κ1) is 16.9. The third-order valence-electron chi connectivity index (χ3n) is 4.04. The zero-order valence-corrected chi connectivity index (χ0v) is 14.1. The molecule has 0 bridgehead atoms. The topological polar surface area (TPSA) is 97.0 Å². The van der Waals surface area contributed by atoms with Crippen LogP contribution in [0.5, 0.6) is 0 Å². The molecular formula is C15H19N3O5S. The first-order valence-electron chi connectivity index (χ1n) is 7.71. The molecule has 0 aromatic carbocycles. The van der Waals surface area contributed by atoms with Crippen LogP contribution >= 0.6 is 11.3 Å². The van der Waals surface area contributed by atoms with Gasteiger partial charge in [-0.15, -0.1) is 11.3 Å². The maximum atomic E-state index is 12.6. The zero-order chi connectivity index (χ0) is 17.1. The van der Waals surface area contributed by atoms with E-state index in [1.54, 1.807) is 11.4 Å². The van der Waals surface area contributed by atoms with Gasteiger partial charge in [0.15, 0.2) is 0 Å². The van der Waals surface area contributed by atoms with Crippen LogP contribution in [-0.4, -0.2) is 63.3 Å². The van der Waals surface area contributed by atoms with Crippen LogP contribution in [0.3, 0.4) is 0 Å². The number of esters is 1. The highest BCUT2D eigenvalue weighted by molar-refractivity contribution is 7.14. The Morgan fingerprint density at radius 3 is 3.04 bits per heavy atom. The number of amides is 2. The van der Waals surface area contributed by atoms with Crippen molar-refractivity contribution in [3.05, 3.63) is 17.0 Å². The lowest BCUT2D eigenvalue weighted by Crippen LogP contribution is -2.51. The monoisotopic (exact) mass is 353 g/mol. The molecule has 8 nitrogen and oxygen atoms in total. The van der Waals surface area contributed by atoms with Gasteiger partial charge < -0.3 is 25.0 Å². The quantitative estimate of drug-likeness (QED) is 0.724. The van der Waals surface area contributed by atoms with Gasteiger partial charge in [0.2, 0.25) is 5.91 Å². The van der Waals surface area contributed by atoms with Crippen molar-refractivity contribution in [3.63, 3.8) is 0 Å². The summed E-state index contributed by atoms with van der Waals surface area (Å²) in [6.45, 7) is 2.07. The van der Waals surface area contributed by atoms with Crippen LogP contribution in [0.2, 0.25) is 0 Å². The van der Waals surface area contributed by atoms with Crippen molar-refractivity contribution in [2.24, 2.45) is 0 Å². The van der Waals surface area contributed by atoms with E-state index >= 15 is 0 Å². The van der Waals surface area contributed by atoms with E-state index in [-0.39, 0.29) is 11.8 Å². The van der Waals surface area contributed by atoms with Crippen molar-refractivity contribution < 1.29 is 23.9 Å². The Balaban J connectivity index is 1.66. The smallest absolute Gasteiger partial charge is 0.340 e. The predicted molar refractivity (Wildman–Crippen MR) is 87.2 cm³/mol. The average Bonchev–Trinajstić information content (AvgIpc) is 3.22. The fourth-order valence-corrected chi connectivity index (χ4v) is 3.71. The molecule has 2 unspecified atom stereocenters. The Morgan fingerprint density at radius 1 is 1.50 bits per heavy atom. The minimum atomic E-state index is -0.601. The summed E-state index contributed by atoms with van der Waals surface area (Å²) >= 11 is 1.30. The van der Waals surface area contributed by atoms with Crippen LogP contribution < -0.4 is 15.5 Å². The van der Waals surface area contributed by atoms with E-state index in [0.29, 0.717) is 43.2 Å². The lowest BCUT2D eigenvalue weighted by atomic mass is 10.2. The van der Waals surface area contributed by atoms with Gasteiger partial charge in [0, 0.05) is 19.6 Å². The summed E-state index contributed by atoms with van der Waals surface area (Å²) in [5.74, 6) is -0.991. The van der Waals surface area contributed by atoms with Gasteiger partial charge in [-0.1, -0.05) is 0 Å². The molecule has 2 saturated heterocycles. The van der Waals surface area contributed by atoms with Crippen molar-refractivity contribution in [1.29, 1.82) is 0 Å². The normalized spacial score (nSPS) is 24.0. The van der Waals surface area contributed by atoms with E-state index < -0.39 is 18.1 Å². The number of carbonyl (C=O) groups is 3. The van der Waals surface area contributed by atoms with Gasteiger partial charge >= 0.3 is 5.97 Å². The van der Waals surface area contributed by atoms with Crippen molar-refractivity contribution >= 4 is 34.1 Å². The average molecular weight is 353 g/mol. The summed E-state index contributed by atoms with van der Waals surface area (Å²) in [5.41, 5.74) is 0.364. The summed E-state index contributed by atoms with van der Waals surface area (Å²) in [4.78, 5) is 38.1. The Labute approximate surface area is 143 Å². The Hall–Kier alpha value is -1.97. The van der Waals surface area contributed by atoms with E-state index in [9.17, 15) is 14.4 Å². The molecule has 24 heavy (non-hydrogen) atoms. The van der Waals surface area contributed by atoms with Gasteiger partial charge in [-0.05, 0) is 17.9 Å². The number of carbonyl (C=O) groups excluding carboxylic acids is 3. The Kier molecular flexibility index (Phi) is 5.12. The van der Waals surface area contributed by atoms with Crippen molar-refractivity contribution in [2.45, 2.75) is 18.6 Å². The highest BCUT2D eigenvalue weighted by atomic mass is 32.1. The fourth-order valence-electron chi connectivity index (χ4n) is 2.79. The lowest BCUT2D eigenvalue weighted by Gasteiger charge is -2.24. The van der Waals surface area contributed by atoms with Crippen LogP contribution in [0.25, 0.3) is 0 Å². The van der Waals surface area contributed by atoms with Gasteiger partial charge in [-0.25, -0.2) is 4.79 Å². The number of ether oxygens (including phenoxy) is 2. The molecule has 3 rings (SSSR count).